The van der Waals surface area contributed by atoms with Crippen molar-refractivity contribution in [3.63, 3.8) is 0 Å². The average Bonchev–Trinajstić information content (AvgIpc) is 2.36. The van der Waals surface area contributed by atoms with Gasteiger partial charge in [0, 0.05) is 25.2 Å². The predicted molar refractivity (Wildman–Crippen MR) is 69.4 cm³/mol. The van der Waals surface area contributed by atoms with E-state index in [2.05, 4.69) is 5.32 Å². The van der Waals surface area contributed by atoms with Crippen molar-refractivity contribution < 1.29 is 8.42 Å². The highest BCUT2D eigenvalue weighted by Gasteiger charge is 2.38. The van der Waals surface area contributed by atoms with Crippen LogP contribution in [0, 0.1) is 0 Å². The van der Waals surface area contributed by atoms with Crippen LogP contribution in [0.25, 0.3) is 0 Å². The Morgan fingerprint density at radius 2 is 2.06 bits per heavy atom. The molecule has 1 aliphatic carbocycles. The zero-order chi connectivity index (χ0) is 12.3. The Morgan fingerprint density at radius 3 is 2.82 bits per heavy atom. The second kappa shape index (κ2) is 5.67. The van der Waals surface area contributed by atoms with Crippen molar-refractivity contribution >= 4 is 10.0 Å². The Bertz CT molecular complexity index is 340. The number of hydrogen-bond donors (Lipinski definition) is 1. The maximum Gasteiger partial charge on any atom is 0.214 e. The molecule has 2 fully saturated rings. The highest BCUT2D eigenvalue weighted by molar-refractivity contribution is 7.89. The Balaban J connectivity index is 2.07. The van der Waals surface area contributed by atoms with Crippen molar-refractivity contribution in [2.24, 2.45) is 0 Å². The van der Waals surface area contributed by atoms with E-state index in [4.69, 9.17) is 0 Å². The lowest BCUT2D eigenvalue weighted by Gasteiger charge is -2.43. The van der Waals surface area contributed by atoms with E-state index in [0.29, 0.717) is 18.3 Å². The fourth-order valence-electron chi connectivity index (χ4n) is 3.01. The van der Waals surface area contributed by atoms with Crippen molar-refractivity contribution in [3.05, 3.63) is 0 Å². The van der Waals surface area contributed by atoms with Crippen LogP contribution < -0.4 is 5.32 Å². The molecule has 1 aliphatic heterocycles. The summed E-state index contributed by atoms with van der Waals surface area (Å²) >= 11 is 0. The highest BCUT2D eigenvalue weighted by atomic mass is 32.2. The van der Waals surface area contributed by atoms with Crippen LogP contribution in [0.2, 0.25) is 0 Å². The van der Waals surface area contributed by atoms with E-state index < -0.39 is 10.0 Å². The van der Waals surface area contributed by atoms with Crippen LogP contribution in [-0.2, 0) is 10.0 Å². The molecule has 4 nitrogen and oxygen atoms in total. The minimum Gasteiger partial charge on any atom is -0.311 e. The van der Waals surface area contributed by atoms with Crippen molar-refractivity contribution in [3.8, 4) is 0 Å². The van der Waals surface area contributed by atoms with Gasteiger partial charge in [0.05, 0.1) is 5.75 Å². The lowest BCUT2D eigenvalue weighted by Crippen LogP contribution is -2.60. The number of piperazine rings is 1. The molecule has 0 aromatic rings. The normalized spacial score (nSPS) is 31.1. The molecule has 0 radical (unpaired) electrons. The summed E-state index contributed by atoms with van der Waals surface area (Å²) in [6.45, 7) is 3.51. The number of rotatable bonds is 4. The standard InChI is InChI=1S/C12H24N2O2S/c1-2-3-10-17(15,16)14-9-8-13-11-6-4-5-7-12(11)14/h11-13H,2-10H2,1H3. The van der Waals surface area contributed by atoms with Gasteiger partial charge < -0.3 is 5.32 Å². The molecule has 0 amide bonds. The van der Waals surface area contributed by atoms with E-state index in [1.54, 1.807) is 4.31 Å². The van der Waals surface area contributed by atoms with E-state index in [9.17, 15) is 8.42 Å². The van der Waals surface area contributed by atoms with Gasteiger partial charge in [-0.15, -0.1) is 0 Å². The quantitative estimate of drug-likeness (QED) is 0.829. The second-order valence-electron chi connectivity index (χ2n) is 5.19. The molecule has 0 aromatic carbocycles. The van der Waals surface area contributed by atoms with E-state index in [1.807, 2.05) is 6.92 Å². The summed E-state index contributed by atoms with van der Waals surface area (Å²) in [4.78, 5) is 0. The van der Waals surface area contributed by atoms with Gasteiger partial charge >= 0.3 is 0 Å². The minimum absolute atomic E-state index is 0.222. The summed E-state index contributed by atoms with van der Waals surface area (Å²) in [5.41, 5.74) is 0. The molecule has 0 spiro atoms. The van der Waals surface area contributed by atoms with Crippen LogP contribution in [0.1, 0.15) is 45.4 Å². The van der Waals surface area contributed by atoms with Crippen molar-refractivity contribution in [1.29, 1.82) is 0 Å². The zero-order valence-corrected chi connectivity index (χ0v) is 11.5. The molecule has 17 heavy (non-hydrogen) atoms. The van der Waals surface area contributed by atoms with Gasteiger partial charge in [-0.1, -0.05) is 26.2 Å². The predicted octanol–water partition coefficient (Wildman–Crippen LogP) is 1.33. The Hall–Kier alpha value is -0.130. The number of hydrogen-bond acceptors (Lipinski definition) is 3. The number of fused-ring (bicyclic) bond motifs is 1. The van der Waals surface area contributed by atoms with E-state index in [1.165, 1.54) is 12.8 Å². The largest absolute Gasteiger partial charge is 0.311 e. The third-order valence-corrected chi connectivity index (χ3v) is 5.92. The summed E-state index contributed by atoms with van der Waals surface area (Å²) in [5, 5.41) is 3.47. The maximum absolute atomic E-state index is 12.3. The summed E-state index contributed by atoms with van der Waals surface area (Å²) in [5.74, 6) is 0.326. The smallest absolute Gasteiger partial charge is 0.214 e. The van der Waals surface area contributed by atoms with Crippen LogP contribution in [-0.4, -0.2) is 43.6 Å². The minimum atomic E-state index is -3.02. The molecule has 1 saturated heterocycles. The Morgan fingerprint density at radius 1 is 1.29 bits per heavy atom. The summed E-state index contributed by atoms with van der Waals surface area (Å²) in [7, 11) is -3.02. The highest BCUT2D eigenvalue weighted by Crippen LogP contribution is 2.27. The van der Waals surface area contributed by atoms with Crippen molar-refractivity contribution in [2.75, 3.05) is 18.8 Å². The molecule has 2 aliphatic rings. The molecule has 0 aromatic heterocycles. The number of unbranched alkanes of at least 4 members (excludes halogenated alkanes) is 1. The lowest BCUT2D eigenvalue weighted by molar-refractivity contribution is 0.162. The van der Waals surface area contributed by atoms with Gasteiger partial charge in [0.2, 0.25) is 10.0 Å². The van der Waals surface area contributed by atoms with Gasteiger partial charge in [0.15, 0.2) is 0 Å². The van der Waals surface area contributed by atoms with Crippen LogP contribution in [0.5, 0.6) is 0 Å². The van der Waals surface area contributed by atoms with Gasteiger partial charge in [0.25, 0.3) is 0 Å². The van der Waals surface area contributed by atoms with Crippen LogP contribution >= 0.6 is 0 Å². The number of nitrogens with one attached hydrogen (secondary N) is 1. The van der Waals surface area contributed by atoms with Gasteiger partial charge in [-0.05, 0) is 19.3 Å². The Labute approximate surface area is 105 Å². The molecule has 2 atom stereocenters. The molecule has 1 heterocycles. The first-order valence-corrected chi connectivity index (χ1v) is 8.49. The summed E-state index contributed by atoms with van der Waals surface area (Å²) in [6, 6.07) is 0.619. The van der Waals surface area contributed by atoms with E-state index >= 15 is 0 Å². The zero-order valence-electron chi connectivity index (χ0n) is 10.7. The topological polar surface area (TPSA) is 49.4 Å². The lowest BCUT2D eigenvalue weighted by atomic mass is 9.89. The van der Waals surface area contributed by atoms with E-state index in [-0.39, 0.29) is 6.04 Å². The molecule has 1 N–H and O–H groups in total. The number of nitrogens with zero attached hydrogens (tertiary/aromatic N) is 1. The van der Waals surface area contributed by atoms with E-state index in [0.717, 1.165) is 32.2 Å². The number of sulfonamides is 1. The second-order valence-corrected chi connectivity index (χ2v) is 7.23. The molecule has 100 valence electrons. The summed E-state index contributed by atoms with van der Waals surface area (Å²) in [6.07, 6.45) is 6.29. The monoisotopic (exact) mass is 260 g/mol. The average molecular weight is 260 g/mol. The first kappa shape index (κ1) is 13.3. The van der Waals surface area contributed by atoms with Gasteiger partial charge in [-0.3, -0.25) is 0 Å². The molecule has 2 unspecified atom stereocenters. The summed E-state index contributed by atoms with van der Waals surface area (Å²) < 4.78 is 26.4. The van der Waals surface area contributed by atoms with Gasteiger partial charge in [0.1, 0.15) is 0 Å². The first-order valence-electron chi connectivity index (χ1n) is 6.88. The van der Waals surface area contributed by atoms with Crippen molar-refractivity contribution in [2.45, 2.75) is 57.5 Å². The van der Waals surface area contributed by atoms with Crippen molar-refractivity contribution in [1.82, 2.24) is 9.62 Å². The van der Waals surface area contributed by atoms with Crippen LogP contribution in [0.3, 0.4) is 0 Å². The van der Waals surface area contributed by atoms with Gasteiger partial charge in [-0.25, -0.2) is 8.42 Å². The Kier molecular flexibility index (Phi) is 4.44. The molecule has 5 heteroatoms. The molecule has 2 rings (SSSR count). The SMILES string of the molecule is CCCCS(=O)(=O)N1CCNC2CCCCC21. The third kappa shape index (κ3) is 3.01. The molecule has 1 saturated carbocycles. The van der Waals surface area contributed by atoms with Crippen LogP contribution in [0.15, 0.2) is 0 Å². The molecule has 0 bridgehead atoms. The first-order chi connectivity index (χ1) is 8.15. The van der Waals surface area contributed by atoms with Gasteiger partial charge in [-0.2, -0.15) is 4.31 Å². The maximum atomic E-state index is 12.3. The molecular formula is C12H24N2O2S. The molecular weight excluding hydrogens is 236 g/mol. The van der Waals surface area contributed by atoms with Crippen LogP contribution in [0.4, 0.5) is 0 Å². The fourth-order valence-corrected chi connectivity index (χ4v) is 4.93. The third-order valence-electron chi connectivity index (χ3n) is 3.95. The fraction of sp³-hybridized carbons (Fsp3) is 1.00.